The molecule has 0 spiro atoms. The molecule has 0 fully saturated rings. The largest absolute Gasteiger partial charge is 0.493 e. The van der Waals surface area contributed by atoms with E-state index in [1.54, 1.807) is 51.5 Å². The van der Waals surface area contributed by atoms with Crippen LogP contribution in [0, 0.1) is 17.0 Å². The Morgan fingerprint density at radius 2 is 1.45 bits per heavy atom. The van der Waals surface area contributed by atoms with Gasteiger partial charge in [-0.25, -0.2) is 4.79 Å². The molecule has 1 aliphatic rings. The topological polar surface area (TPSA) is 131 Å². The molecule has 12 nitrogen and oxygen atoms in total. The summed E-state index contributed by atoms with van der Waals surface area (Å²) in [7, 11) is 8.60. The first-order valence-electron chi connectivity index (χ1n) is 18.4. The molecule has 5 aromatic carbocycles. The van der Waals surface area contributed by atoms with Gasteiger partial charge in [0.15, 0.2) is 34.5 Å². The van der Waals surface area contributed by atoms with Gasteiger partial charge in [-0.15, -0.1) is 0 Å². The van der Waals surface area contributed by atoms with Gasteiger partial charge < -0.3 is 38.6 Å². The third-order valence-electron chi connectivity index (χ3n) is 9.87. The number of hydrogen-bond acceptors (Lipinski definition) is 11. The Bertz CT molecular complexity index is 2190. The van der Waals surface area contributed by atoms with Crippen LogP contribution in [0.25, 0.3) is 0 Å². The van der Waals surface area contributed by atoms with Crippen molar-refractivity contribution < 1.29 is 38.1 Å². The lowest BCUT2D eigenvalue weighted by Crippen LogP contribution is -2.27. The van der Waals surface area contributed by atoms with Crippen molar-refractivity contribution in [3.8, 4) is 46.0 Å². The van der Waals surface area contributed by atoms with Crippen LogP contribution in [0.3, 0.4) is 0 Å². The molecule has 0 saturated carbocycles. The quantitative estimate of drug-likeness (QED) is 0.0451. The van der Waals surface area contributed by atoms with Crippen LogP contribution < -0.4 is 33.7 Å². The summed E-state index contributed by atoms with van der Waals surface area (Å²) in [6, 6.07) is 25.5. The zero-order valence-corrected chi connectivity index (χ0v) is 32.6. The van der Waals surface area contributed by atoms with Gasteiger partial charge >= 0.3 is 5.97 Å². The molecule has 0 aliphatic carbocycles. The number of carbonyl (C=O) groups is 1. The SMILES string of the molecule is CNCCc1cc(OC)c(Oc2c3c(cc(OC)c2OC(=O)c2ccccc2)CCN(C)C3)cc1CCc1ccc(Oc2cc(C)c([N+](=O)[O-])cc2OC)cc1. The van der Waals surface area contributed by atoms with Gasteiger partial charge in [0.05, 0.1) is 37.9 Å². The van der Waals surface area contributed by atoms with Gasteiger partial charge in [-0.05, 0) is 124 Å². The van der Waals surface area contributed by atoms with Crippen molar-refractivity contribution in [3.05, 3.63) is 134 Å². The smallest absolute Gasteiger partial charge is 0.343 e. The number of benzene rings is 5. The van der Waals surface area contributed by atoms with Crippen LogP contribution in [0.2, 0.25) is 0 Å². The number of hydrogen-bond donors (Lipinski definition) is 1. The zero-order chi connectivity index (χ0) is 39.8. The van der Waals surface area contributed by atoms with Gasteiger partial charge in [0.1, 0.15) is 5.75 Å². The second kappa shape index (κ2) is 18.0. The lowest BCUT2D eigenvalue weighted by Gasteiger charge is -2.29. The molecule has 0 atom stereocenters. The van der Waals surface area contributed by atoms with E-state index in [0.29, 0.717) is 58.6 Å². The maximum absolute atomic E-state index is 13.4. The van der Waals surface area contributed by atoms with Gasteiger partial charge in [-0.2, -0.15) is 0 Å². The number of esters is 1. The van der Waals surface area contributed by atoms with E-state index in [1.165, 1.54) is 13.2 Å². The number of carbonyl (C=O) groups excluding carboxylic acids is 1. The normalized spacial score (nSPS) is 12.4. The summed E-state index contributed by atoms with van der Waals surface area (Å²) in [6.07, 6.45) is 2.97. The highest BCUT2D eigenvalue weighted by atomic mass is 16.6. The van der Waals surface area contributed by atoms with Gasteiger partial charge in [0.25, 0.3) is 5.69 Å². The van der Waals surface area contributed by atoms with Crippen LogP contribution in [-0.2, 0) is 32.2 Å². The minimum Gasteiger partial charge on any atom is -0.493 e. The van der Waals surface area contributed by atoms with Crippen molar-refractivity contribution in [2.45, 2.75) is 39.2 Å². The number of nitrogens with one attached hydrogen (secondary N) is 1. The Hall–Kier alpha value is -6.11. The van der Waals surface area contributed by atoms with E-state index in [-0.39, 0.29) is 17.2 Å². The summed E-state index contributed by atoms with van der Waals surface area (Å²) in [5.41, 5.74) is 6.12. The minimum atomic E-state index is -0.522. The Morgan fingerprint density at radius 1 is 0.786 bits per heavy atom. The molecular weight excluding hydrogens is 714 g/mol. The van der Waals surface area contributed by atoms with E-state index in [9.17, 15) is 14.9 Å². The predicted molar refractivity (Wildman–Crippen MR) is 213 cm³/mol. The predicted octanol–water partition coefficient (Wildman–Crippen LogP) is 8.27. The van der Waals surface area contributed by atoms with E-state index >= 15 is 0 Å². The van der Waals surface area contributed by atoms with Crippen molar-refractivity contribution in [2.24, 2.45) is 0 Å². The Balaban J connectivity index is 1.31. The maximum atomic E-state index is 13.4. The van der Waals surface area contributed by atoms with Gasteiger partial charge in [-0.3, -0.25) is 10.1 Å². The summed E-state index contributed by atoms with van der Waals surface area (Å²) >= 11 is 0. The molecule has 0 aromatic heterocycles. The van der Waals surface area contributed by atoms with Crippen LogP contribution in [0.1, 0.15) is 43.7 Å². The summed E-state index contributed by atoms with van der Waals surface area (Å²) in [4.78, 5) is 26.6. The second-order valence-electron chi connectivity index (χ2n) is 13.6. The maximum Gasteiger partial charge on any atom is 0.343 e. The molecule has 56 heavy (non-hydrogen) atoms. The zero-order valence-electron chi connectivity index (χ0n) is 32.6. The molecule has 292 valence electrons. The van der Waals surface area contributed by atoms with E-state index < -0.39 is 10.9 Å². The highest BCUT2D eigenvalue weighted by Gasteiger charge is 2.29. The van der Waals surface area contributed by atoms with E-state index in [4.69, 9.17) is 28.4 Å². The average Bonchev–Trinajstić information content (AvgIpc) is 3.21. The first-order chi connectivity index (χ1) is 27.1. The summed E-state index contributed by atoms with van der Waals surface area (Å²) in [6.45, 7) is 3.89. The number of rotatable bonds is 16. The number of nitro benzene ring substituents is 1. The molecule has 6 rings (SSSR count). The minimum absolute atomic E-state index is 0.0342. The van der Waals surface area contributed by atoms with Gasteiger partial charge in [0.2, 0.25) is 5.75 Å². The molecule has 0 unspecified atom stereocenters. The van der Waals surface area contributed by atoms with Crippen molar-refractivity contribution in [1.82, 2.24) is 10.2 Å². The highest BCUT2D eigenvalue weighted by Crippen LogP contribution is 2.48. The van der Waals surface area contributed by atoms with Crippen molar-refractivity contribution in [3.63, 3.8) is 0 Å². The lowest BCUT2D eigenvalue weighted by atomic mass is 9.96. The summed E-state index contributed by atoms with van der Waals surface area (Å²) in [5.74, 6) is 2.81. The summed E-state index contributed by atoms with van der Waals surface area (Å²) < 4.78 is 36.1. The van der Waals surface area contributed by atoms with Gasteiger partial charge in [-0.1, -0.05) is 30.3 Å². The number of methoxy groups -OCH3 is 3. The molecule has 1 aliphatic heterocycles. The standard InChI is InChI=1S/C44H47N3O9/c1-28-22-39(38(52-5)26-36(28)47(49)50)54-34-16-13-29(14-17-34)12-15-31-24-40(37(51-4)23-32(31)18-20-45-2)55-42-35-27-46(3)21-19-33(35)25-41(53-6)43(42)56-44(48)30-10-8-7-9-11-30/h7-11,13-14,16-17,22-26,45H,12,15,18-21,27H2,1-6H3. The summed E-state index contributed by atoms with van der Waals surface area (Å²) in [5, 5.41) is 14.7. The van der Waals surface area contributed by atoms with E-state index in [1.807, 2.05) is 62.6 Å². The average molecular weight is 762 g/mol. The van der Waals surface area contributed by atoms with Crippen molar-refractivity contribution in [2.75, 3.05) is 48.5 Å². The molecule has 0 radical (unpaired) electrons. The first kappa shape index (κ1) is 39.6. The fourth-order valence-corrected chi connectivity index (χ4v) is 6.78. The molecular formula is C44H47N3O9. The van der Waals surface area contributed by atoms with E-state index in [2.05, 4.69) is 10.2 Å². The monoisotopic (exact) mass is 761 g/mol. The molecule has 0 saturated heterocycles. The van der Waals surface area contributed by atoms with Crippen molar-refractivity contribution in [1.29, 1.82) is 0 Å². The number of likely N-dealkylation sites (N-methyl/N-ethyl adjacent to an activating group) is 2. The molecule has 1 heterocycles. The molecule has 0 bridgehead atoms. The lowest BCUT2D eigenvalue weighted by molar-refractivity contribution is -0.385. The van der Waals surface area contributed by atoms with Crippen molar-refractivity contribution >= 4 is 11.7 Å². The van der Waals surface area contributed by atoms with E-state index in [0.717, 1.165) is 60.2 Å². The molecule has 12 heteroatoms. The third-order valence-corrected chi connectivity index (χ3v) is 9.87. The number of fused-ring (bicyclic) bond motifs is 1. The highest BCUT2D eigenvalue weighted by molar-refractivity contribution is 5.92. The van der Waals surface area contributed by atoms with Crippen LogP contribution in [-0.4, -0.2) is 64.3 Å². The second-order valence-corrected chi connectivity index (χ2v) is 13.6. The van der Waals surface area contributed by atoms with Crippen LogP contribution in [0.4, 0.5) is 5.69 Å². The Kier molecular flexibility index (Phi) is 12.7. The first-order valence-corrected chi connectivity index (χ1v) is 18.4. The number of nitro groups is 1. The van der Waals surface area contributed by atoms with Crippen LogP contribution >= 0.6 is 0 Å². The van der Waals surface area contributed by atoms with Gasteiger partial charge in [0, 0.05) is 24.2 Å². The van der Waals surface area contributed by atoms with Crippen LogP contribution in [0.15, 0.2) is 84.9 Å². The number of aryl methyl sites for hydroxylation is 3. The fourth-order valence-electron chi connectivity index (χ4n) is 6.78. The van der Waals surface area contributed by atoms with Crippen LogP contribution in [0.5, 0.6) is 46.0 Å². The molecule has 5 aromatic rings. The fraction of sp³-hybridized carbons (Fsp3) is 0.295. The number of nitrogens with zero attached hydrogens (tertiary/aromatic N) is 2. The Morgan fingerprint density at radius 3 is 2.12 bits per heavy atom. The molecule has 1 N–H and O–H groups in total. The number of ether oxygens (including phenoxy) is 6. The third kappa shape index (κ3) is 9.05. The Labute approximate surface area is 327 Å². The molecule has 0 amide bonds.